The first kappa shape index (κ1) is 24.8. The molecule has 2 rings (SSSR count). The van der Waals surface area contributed by atoms with E-state index in [4.69, 9.17) is 4.74 Å². The van der Waals surface area contributed by atoms with Gasteiger partial charge < -0.3 is 20.3 Å². The van der Waals surface area contributed by atoms with E-state index in [1.807, 2.05) is 6.92 Å². The monoisotopic (exact) mass is 514 g/mol. The quantitative estimate of drug-likeness (QED) is 0.316. The van der Waals surface area contributed by atoms with Crippen LogP contribution in [0, 0.1) is 5.92 Å². The zero-order chi connectivity index (χ0) is 19.7. The normalized spacial score (nSPS) is 17.9. The molecule has 1 fully saturated rings. The van der Waals surface area contributed by atoms with Crippen LogP contribution in [0.4, 0.5) is 13.2 Å². The minimum atomic E-state index is -4.33. The number of alkyl halides is 3. The van der Waals surface area contributed by atoms with Gasteiger partial charge in [-0.05, 0) is 50.0 Å². The van der Waals surface area contributed by atoms with E-state index in [1.54, 1.807) is 12.1 Å². The Balaban J connectivity index is 0.00000392. The van der Waals surface area contributed by atoms with E-state index in [0.717, 1.165) is 44.2 Å². The number of benzene rings is 1. The number of hydrogen-bond donors (Lipinski definition) is 2. The van der Waals surface area contributed by atoms with Crippen LogP contribution in [0.1, 0.15) is 25.8 Å². The molecule has 1 atom stereocenters. The maximum atomic E-state index is 12.2. The van der Waals surface area contributed by atoms with Gasteiger partial charge >= 0.3 is 6.18 Å². The SMILES string of the molecule is CCNC(=NCc1ccc(OCC(F)(F)F)cc1)NCC1CCN(CC)C1.I. The van der Waals surface area contributed by atoms with Crippen LogP contribution < -0.4 is 15.4 Å². The van der Waals surface area contributed by atoms with E-state index in [-0.39, 0.29) is 29.7 Å². The fourth-order valence-electron chi connectivity index (χ4n) is 2.98. The van der Waals surface area contributed by atoms with Gasteiger partial charge in [-0.3, -0.25) is 0 Å². The van der Waals surface area contributed by atoms with E-state index in [2.05, 4.69) is 27.4 Å². The molecule has 1 heterocycles. The highest BCUT2D eigenvalue weighted by atomic mass is 127. The summed E-state index contributed by atoms with van der Waals surface area (Å²) < 4.78 is 41.2. The van der Waals surface area contributed by atoms with Gasteiger partial charge in [0, 0.05) is 19.6 Å². The fraction of sp³-hybridized carbons (Fsp3) is 0.632. The number of hydrogen-bond acceptors (Lipinski definition) is 3. The number of aliphatic imine (C=N–C) groups is 1. The summed E-state index contributed by atoms with van der Waals surface area (Å²) in [6, 6.07) is 6.54. The maximum Gasteiger partial charge on any atom is 0.422 e. The van der Waals surface area contributed by atoms with Gasteiger partial charge in [-0.2, -0.15) is 13.2 Å². The lowest BCUT2D eigenvalue weighted by Crippen LogP contribution is -2.40. The number of rotatable bonds is 8. The molecule has 1 aromatic rings. The molecule has 1 aromatic carbocycles. The van der Waals surface area contributed by atoms with Crippen LogP contribution in [0.15, 0.2) is 29.3 Å². The van der Waals surface area contributed by atoms with Crippen molar-refractivity contribution in [1.29, 1.82) is 0 Å². The molecule has 9 heteroatoms. The van der Waals surface area contributed by atoms with Crippen molar-refractivity contribution in [1.82, 2.24) is 15.5 Å². The summed E-state index contributed by atoms with van der Waals surface area (Å²) in [7, 11) is 0. The molecule has 0 saturated carbocycles. The molecule has 160 valence electrons. The van der Waals surface area contributed by atoms with Gasteiger partial charge in [-0.15, -0.1) is 24.0 Å². The molecule has 28 heavy (non-hydrogen) atoms. The Bertz CT molecular complexity index is 596. The van der Waals surface area contributed by atoms with Gasteiger partial charge in [-0.25, -0.2) is 4.99 Å². The van der Waals surface area contributed by atoms with E-state index in [9.17, 15) is 13.2 Å². The zero-order valence-corrected chi connectivity index (χ0v) is 18.7. The van der Waals surface area contributed by atoms with Gasteiger partial charge in [0.1, 0.15) is 5.75 Å². The summed E-state index contributed by atoms with van der Waals surface area (Å²) in [5, 5.41) is 6.61. The third-order valence-electron chi connectivity index (χ3n) is 4.47. The smallest absolute Gasteiger partial charge is 0.422 e. The first-order chi connectivity index (χ1) is 12.9. The molecule has 0 spiro atoms. The van der Waals surface area contributed by atoms with E-state index < -0.39 is 12.8 Å². The number of ether oxygens (including phenoxy) is 1. The largest absolute Gasteiger partial charge is 0.484 e. The second-order valence-electron chi connectivity index (χ2n) is 6.67. The number of likely N-dealkylation sites (tertiary alicyclic amines) is 1. The fourth-order valence-corrected chi connectivity index (χ4v) is 2.98. The standard InChI is InChI=1S/C19H29F3N4O.HI/c1-3-23-18(25-12-16-9-10-26(4-2)13-16)24-11-15-5-7-17(8-6-15)27-14-19(20,21)22;/h5-8,16H,3-4,9-14H2,1-2H3,(H2,23,24,25);1H. The second kappa shape index (κ2) is 12.4. The van der Waals surface area contributed by atoms with Gasteiger partial charge in [0.25, 0.3) is 0 Å². The third-order valence-corrected chi connectivity index (χ3v) is 4.47. The first-order valence-electron chi connectivity index (χ1n) is 9.42. The van der Waals surface area contributed by atoms with Crippen LogP contribution >= 0.6 is 24.0 Å². The second-order valence-corrected chi connectivity index (χ2v) is 6.67. The summed E-state index contributed by atoms with van der Waals surface area (Å²) in [5.41, 5.74) is 0.907. The van der Waals surface area contributed by atoms with Crippen LogP contribution in [0.3, 0.4) is 0 Å². The van der Waals surface area contributed by atoms with Crippen LogP contribution in [0.25, 0.3) is 0 Å². The van der Waals surface area contributed by atoms with Gasteiger partial charge in [0.15, 0.2) is 12.6 Å². The molecule has 0 bridgehead atoms. The summed E-state index contributed by atoms with van der Waals surface area (Å²) in [6.45, 7) is 8.36. The molecular formula is C19H30F3IN4O. The van der Waals surface area contributed by atoms with Crippen LogP contribution in [0.2, 0.25) is 0 Å². The lowest BCUT2D eigenvalue weighted by atomic mass is 10.1. The van der Waals surface area contributed by atoms with Gasteiger partial charge in [-0.1, -0.05) is 19.1 Å². The van der Waals surface area contributed by atoms with Crippen molar-refractivity contribution in [3.8, 4) is 5.75 Å². The Labute approximate surface area is 182 Å². The molecule has 0 radical (unpaired) electrons. The lowest BCUT2D eigenvalue weighted by molar-refractivity contribution is -0.153. The Morgan fingerprint density at radius 3 is 2.50 bits per heavy atom. The summed E-state index contributed by atoms with van der Waals surface area (Å²) in [5.74, 6) is 1.58. The van der Waals surface area contributed by atoms with E-state index in [0.29, 0.717) is 12.5 Å². The van der Waals surface area contributed by atoms with Gasteiger partial charge in [0.2, 0.25) is 0 Å². The minimum Gasteiger partial charge on any atom is -0.484 e. The summed E-state index contributed by atoms with van der Waals surface area (Å²) in [6.07, 6.45) is -3.14. The Kier molecular flexibility index (Phi) is 10.9. The molecule has 1 saturated heterocycles. The average Bonchev–Trinajstić information content (AvgIpc) is 3.10. The van der Waals surface area contributed by atoms with Crippen molar-refractivity contribution in [2.24, 2.45) is 10.9 Å². The third kappa shape index (κ3) is 9.31. The van der Waals surface area contributed by atoms with Crippen molar-refractivity contribution >= 4 is 29.9 Å². The van der Waals surface area contributed by atoms with E-state index in [1.165, 1.54) is 18.6 Å². The van der Waals surface area contributed by atoms with Crippen LogP contribution in [-0.2, 0) is 6.54 Å². The molecule has 0 aliphatic carbocycles. The predicted octanol–water partition coefficient (Wildman–Crippen LogP) is 3.64. The highest BCUT2D eigenvalue weighted by molar-refractivity contribution is 14.0. The predicted molar refractivity (Wildman–Crippen MR) is 116 cm³/mol. The number of nitrogens with zero attached hydrogens (tertiary/aromatic N) is 2. The lowest BCUT2D eigenvalue weighted by Gasteiger charge is -2.16. The molecule has 1 aliphatic rings. The van der Waals surface area contributed by atoms with Crippen LogP contribution in [0.5, 0.6) is 5.75 Å². The maximum absolute atomic E-state index is 12.2. The molecule has 1 unspecified atom stereocenters. The number of nitrogens with one attached hydrogen (secondary N) is 2. The molecule has 5 nitrogen and oxygen atoms in total. The molecular weight excluding hydrogens is 484 g/mol. The molecule has 2 N–H and O–H groups in total. The van der Waals surface area contributed by atoms with Crippen molar-refractivity contribution in [3.05, 3.63) is 29.8 Å². The highest BCUT2D eigenvalue weighted by Gasteiger charge is 2.28. The van der Waals surface area contributed by atoms with Crippen molar-refractivity contribution in [2.45, 2.75) is 33.0 Å². The van der Waals surface area contributed by atoms with Gasteiger partial charge in [0.05, 0.1) is 6.54 Å². The molecule has 1 aliphatic heterocycles. The zero-order valence-electron chi connectivity index (χ0n) is 16.4. The Morgan fingerprint density at radius 1 is 1.21 bits per heavy atom. The minimum absolute atomic E-state index is 0. The Morgan fingerprint density at radius 2 is 1.93 bits per heavy atom. The summed E-state index contributed by atoms with van der Waals surface area (Å²) in [4.78, 5) is 7.00. The number of halogens is 4. The first-order valence-corrected chi connectivity index (χ1v) is 9.42. The van der Waals surface area contributed by atoms with Crippen LogP contribution in [-0.4, -0.2) is 56.4 Å². The van der Waals surface area contributed by atoms with Crippen molar-refractivity contribution < 1.29 is 17.9 Å². The topological polar surface area (TPSA) is 48.9 Å². The van der Waals surface area contributed by atoms with Crippen molar-refractivity contribution in [2.75, 3.05) is 39.3 Å². The van der Waals surface area contributed by atoms with E-state index >= 15 is 0 Å². The molecule has 0 aromatic heterocycles. The highest BCUT2D eigenvalue weighted by Crippen LogP contribution is 2.19. The number of guanidine groups is 1. The average molecular weight is 514 g/mol. The Hall–Kier alpha value is -1.23. The molecule has 0 amide bonds. The van der Waals surface area contributed by atoms with Crippen molar-refractivity contribution in [3.63, 3.8) is 0 Å². The summed E-state index contributed by atoms with van der Waals surface area (Å²) >= 11 is 0.